The van der Waals surface area contributed by atoms with Gasteiger partial charge in [0, 0.05) is 18.7 Å². The van der Waals surface area contributed by atoms with Crippen molar-refractivity contribution < 1.29 is 13.3 Å². The highest BCUT2D eigenvalue weighted by Crippen LogP contribution is 2.29. The quantitative estimate of drug-likeness (QED) is 0.626. The molecule has 0 unspecified atom stereocenters. The number of non-ortho nitro benzene ring substituents is 1. The fourth-order valence-corrected chi connectivity index (χ4v) is 3.72. The number of benzene rings is 2. The molecule has 0 aliphatic carbocycles. The van der Waals surface area contributed by atoms with Crippen molar-refractivity contribution >= 4 is 21.4 Å². The Balaban J connectivity index is 2.58. The Labute approximate surface area is 129 Å². The van der Waals surface area contributed by atoms with E-state index >= 15 is 0 Å². The van der Waals surface area contributed by atoms with E-state index in [1.807, 2.05) is 0 Å². The van der Waals surface area contributed by atoms with Gasteiger partial charge in [0.2, 0.25) is 0 Å². The molecule has 0 bridgehead atoms. The summed E-state index contributed by atoms with van der Waals surface area (Å²) >= 11 is 0. The number of hydrogen-bond donors (Lipinski definition) is 0. The number of hydrogen-bond acceptors (Lipinski definition) is 4. The van der Waals surface area contributed by atoms with Crippen LogP contribution in [0, 0.1) is 17.0 Å². The topological polar surface area (TPSA) is 80.5 Å². The highest BCUT2D eigenvalue weighted by molar-refractivity contribution is 7.92. The monoisotopic (exact) mass is 320 g/mol. The zero-order valence-electron chi connectivity index (χ0n) is 12.3. The number of nitrogens with zero attached hydrogens (tertiary/aromatic N) is 2. The van der Waals surface area contributed by atoms with Crippen molar-refractivity contribution in [3.05, 3.63) is 64.2 Å². The van der Waals surface area contributed by atoms with Crippen molar-refractivity contribution in [3.63, 3.8) is 0 Å². The Bertz CT molecular complexity index is 788. The molecule has 0 saturated carbocycles. The molecule has 2 aromatic rings. The van der Waals surface area contributed by atoms with E-state index in [4.69, 9.17) is 0 Å². The summed E-state index contributed by atoms with van der Waals surface area (Å²) in [6, 6.07) is 12.2. The molecule has 0 aliphatic rings. The van der Waals surface area contributed by atoms with Gasteiger partial charge in [-0.1, -0.05) is 24.3 Å². The average molecular weight is 320 g/mol. The van der Waals surface area contributed by atoms with Crippen molar-refractivity contribution in [2.24, 2.45) is 0 Å². The second-order valence-electron chi connectivity index (χ2n) is 4.71. The molecule has 116 valence electrons. The summed E-state index contributed by atoms with van der Waals surface area (Å²) in [6.45, 7) is 3.60. The molecular formula is C15H16N2O4S. The van der Waals surface area contributed by atoms with Crippen LogP contribution in [-0.2, 0) is 10.0 Å². The zero-order valence-corrected chi connectivity index (χ0v) is 13.1. The Morgan fingerprint density at radius 1 is 1.14 bits per heavy atom. The SMILES string of the molecule is CCN(c1cc([N+](=O)[O-])ccc1C)S(=O)(=O)c1ccccc1. The van der Waals surface area contributed by atoms with Gasteiger partial charge in [0.05, 0.1) is 15.5 Å². The number of rotatable bonds is 5. The molecule has 0 N–H and O–H groups in total. The normalized spacial score (nSPS) is 11.2. The fourth-order valence-electron chi connectivity index (χ4n) is 2.17. The number of nitro benzene ring substituents is 1. The summed E-state index contributed by atoms with van der Waals surface area (Å²) in [4.78, 5) is 10.6. The highest BCUT2D eigenvalue weighted by atomic mass is 32.2. The highest BCUT2D eigenvalue weighted by Gasteiger charge is 2.25. The largest absolute Gasteiger partial charge is 0.271 e. The molecule has 2 rings (SSSR count). The summed E-state index contributed by atoms with van der Waals surface area (Å²) in [5.74, 6) is 0. The Morgan fingerprint density at radius 3 is 2.32 bits per heavy atom. The molecule has 0 saturated heterocycles. The first kappa shape index (κ1) is 16.0. The lowest BCUT2D eigenvalue weighted by Gasteiger charge is -2.24. The number of nitro groups is 1. The van der Waals surface area contributed by atoms with Crippen molar-refractivity contribution in [1.29, 1.82) is 0 Å². The first-order valence-electron chi connectivity index (χ1n) is 6.70. The zero-order chi connectivity index (χ0) is 16.3. The summed E-state index contributed by atoms with van der Waals surface area (Å²) in [5.41, 5.74) is 0.842. The first-order chi connectivity index (χ1) is 10.4. The van der Waals surface area contributed by atoms with Crippen LogP contribution in [0.1, 0.15) is 12.5 Å². The minimum absolute atomic E-state index is 0.137. The molecule has 0 amide bonds. The van der Waals surface area contributed by atoms with Gasteiger partial charge < -0.3 is 0 Å². The molecule has 2 aromatic carbocycles. The molecule has 0 spiro atoms. The van der Waals surface area contributed by atoms with Crippen LogP contribution in [0.15, 0.2) is 53.4 Å². The van der Waals surface area contributed by atoms with E-state index in [2.05, 4.69) is 0 Å². The predicted octanol–water partition coefficient (Wildman–Crippen LogP) is 3.12. The third-order valence-electron chi connectivity index (χ3n) is 3.29. The van der Waals surface area contributed by atoms with E-state index in [0.29, 0.717) is 11.3 Å². The molecule has 0 aliphatic heterocycles. The summed E-state index contributed by atoms with van der Waals surface area (Å²) < 4.78 is 26.7. The van der Waals surface area contributed by atoms with Crippen LogP contribution in [0.4, 0.5) is 11.4 Å². The molecule has 0 radical (unpaired) electrons. The minimum Gasteiger partial charge on any atom is -0.266 e. The van der Waals surface area contributed by atoms with Gasteiger partial charge >= 0.3 is 0 Å². The Kier molecular flexibility index (Phi) is 4.46. The summed E-state index contributed by atoms with van der Waals surface area (Å²) in [5, 5.41) is 10.9. The Hall–Kier alpha value is -2.41. The molecule has 7 heteroatoms. The van der Waals surface area contributed by atoms with Gasteiger partial charge in [-0.2, -0.15) is 0 Å². The van der Waals surface area contributed by atoms with Crippen LogP contribution < -0.4 is 4.31 Å². The van der Waals surface area contributed by atoms with E-state index in [1.165, 1.54) is 28.6 Å². The maximum absolute atomic E-state index is 12.8. The third-order valence-corrected chi connectivity index (χ3v) is 5.19. The van der Waals surface area contributed by atoms with Gasteiger partial charge in [0.15, 0.2) is 0 Å². The second kappa shape index (κ2) is 6.15. The van der Waals surface area contributed by atoms with Crippen LogP contribution in [0.2, 0.25) is 0 Å². The van der Waals surface area contributed by atoms with Crippen LogP contribution in [0.5, 0.6) is 0 Å². The average Bonchev–Trinajstić information content (AvgIpc) is 2.50. The minimum atomic E-state index is -3.76. The maximum Gasteiger partial charge on any atom is 0.271 e. The molecule has 0 atom stereocenters. The smallest absolute Gasteiger partial charge is 0.266 e. The summed E-state index contributed by atoms with van der Waals surface area (Å²) in [6.07, 6.45) is 0. The third kappa shape index (κ3) is 2.94. The van der Waals surface area contributed by atoms with Crippen LogP contribution in [0.3, 0.4) is 0 Å². The maximum atomic E-state index is 12.8. The van der Waals surface area contributed by atoms with Crippen molar-refractivity contribution in [3.8, 4) is 0 Å². The van der Waals surface area contributed by atoms with Gasteiger partial charge in [-0.15, -0.1) is 0 Å². The van der Waals surface area contributed by atoms with E-state index < -0.39 is 14.9 Å². The van der Waals surface area contributed by atoms with Gasteiger partial charge in [-0.3, -0.25) is 14.4 Å². The molecule has 6 nitrogen and oxygen atoms in total. The number of anilines is 1. The van der Waals surface area contributed by atoms with Crippen LogP contribution in [0.25, 0.3) is 0 Å². The fraction of sp³-hybridized carbons (Fsp3) is 0.200. The second-order valence-corrected chi connectivity index (χ2v) is 6.57. The van der Waals surface area contributed by atoms with Gasteiger partial charge in [0.1, 0.15) is 0 Å². The first-order valence-corrected chi connectivity index (χ1v) is 8.14. The van der Waals surface area contributed by atoms with E-state index in [9.17, 15) is 18.5 Å². The molecule has 22 heavy (non-hydrogen) atoms. The molecule has 0 aromatic heterocycles. The van der Waals surface area contributed by atoms with E-state index in [0.717, 1.165) is 0 Å². The molecule has 0 fully saturated rings. The lowest BCUT2D eigenvalue weighted by Crippen LogP contribution is -2.31. The van der Waals surface area contributed by atoms with E-state index in [-0.39, 0.29) is 17.1 Å². The van der Waals surface area contributed by atoms with Gasteiger partial charge in [0.25, 0.3) is 15.7 Å². The lowest BCUT2D eigenvalue weighted by atomic mass is 10.2. The van der Waals surface area contributed by atoms with Gasteiger partial charge in [-0.05, 0) is 31.5 Å². The summed E-state index contributed by atoms with van der Waals surface area (Å²) in [7, 11) is -3.76. The lowest BCUT2D eigenvalue weighted by molar-refractivity contribution is -0.384. The van der Waals surface area contributed by atoms with Crippen LogP contribution in [-0.4, -0.2) is 19.9 Å². The van der Waals surface area contributed by atoms with Gasteiger partial charge in [-0.25, -0.2) is 8.42 Å². The standard InChI is InChI=1S/C15H16N2O4S/c1-3-16(22(20,21)14-7-5-4-6-8-14)15-11-13(17(18)19)10-9-12(15)2/h4-11H,3H2,1-2H3. The van der Waals surface area contributed by atoms with Crippen molar-refractivity contribution in [2.45, 2.75) is 18.7 Å². The van der Waals surface area contributed by atoms with Crippen molar-refractivity contribution in [1.82, 2.24) is 0 Å². The van der Waals surface area contributed by atoms with Crippen molar-refractivity contribution in [2.75, 3.05) is 10.8 Å². The Morgan fingerprint density at radius 2 is 1.77 bits per heavy atom. The number of aryl methyl sites for hydroxylation is 1. The molecule has 0 heterocycles. The predicted molar refractivity (Wildman–Crippen MR) is 84.5 cm³/mol. The van der Waals surface area contributed by atoms with Crippen LogP contribution >= 0.6 is 0 Å². The van der Waals surface area contributed by atoms with E-state index in [1.54, 1.807) is 38.1 Å². The molecular weight excluding hydrogens is 304 g/mol. The number of sulfonamides is 1.